The summed E-state index contributed by atoms with van der Waals surface area (Å²) in [5.74, 6) is 0. The fourth-order valence-electron chi connectivity index (χ4n) is 1.98. The normalized spacial score (nSPS) is 9.06. The average molecular weight is 451 g/mol. The largest absolute Gasteiger partial charge is 1.00 e. The van der Waals surface area contributed by atoms with Gasteiger partial charge in [0.25, 0.3) is 0 Å². The van der Waals surface area contributed by atoms with Gasteiger partial charge in [-0.3, -0.25) is 0 Å². The highest BCUT2D eigenvalue weighted by molar-refractivity contribution is 8.93. The molecule has 3 N–H and O–H groups in total. The van der Waals surface area contributed by atoms with Crippen molar-refractivity contribution in [1.29, 1.82) is 0 Å². The monoisotopic (exact) mass is 448 g/mol. The first-order valence-corrected chi connectivity index (χ1v) is 5.65. The summed E-state index contributed by atoms with van der Waals surface area (Å²) in [5, 5.41) is 0. The fraction of sp³-hybridized carbons (Fsp3) is 0.538. The minimum atomic E-state index is 0. The summed E-state index contributed by atoms with van der Waals surface area (Å²) in [4.78, 5) is 0. The van der Waals surface area contributed by atoms with Crippen LogP contribution in [0.5, 0.6) is 0 Å². The van der Waals surface area contributed by atoms with Gasteiger partial charge in [0, 0.05) is 5.56 Å². The van der Waals surface area contributed by atoms with Crippen LogP contribution in [0, 0.1) is 0 Å². The molecule has 5 heteroatoms. The van der Waals surface area contributed by atoms with Crippen LogP contribution in [0.3, 0.4) is 0 Å². The Kier molecular flexibility index (Phi) is 21.0. The molecule has 0 fully saturated rings. The van der Waals surface area contributed by atoms with Crippen LogP contribution >= 0.6 is 34.0 Å². The van der Waals surface area contributed by atoms with Crippen LogP contribution in [0.1, 0.15) is 26.3 Å². The second-order valence-electron chi connectivity index (χ2n) is 3.93. The van der Waals surface area contributed by atoms with E-state index in [1.165, 1.54) is 36.2 Å². The van der Waals surface area contributed by atoms with E-state index in [0.29, 0.717) is 0 Å². The van der Waals surface area contributed by atoms with E-state index in [9.17, 15) is 0 Å². The molecule has 0 saturated heterocycles. The molecular weight excluding hydrogens is 424 g/mol. The molecule has 0 amide bonds. The molecule has 0 bridgehead atoms. The van der Waals surface area contributed by atoms with Gasteiger partial charge in [0.05, 0.1) is 19.6 Å². The third-order valence-electron chi connectivity index (χ3n) is 3.37. The molecule has 0 aromatic heterocycles. The van der Waals surface area contributed by atoms with E-state index in [2.05, 4.69) is 51.1 Å². The molecule has 0 spiro atoms. The molecule has 0 unspecified atom stereocenters. The molecule has 110 valence electrons. The van der Waals surface area contributed by atoms with Gasteiger partial charge in [0.1, 0.15) is 6.54 Å². The molecule has 2 nitrogen and oxygen atoms in total. The van der Waals surface area contributed by atoms with E-state index in [1.807, 2.05) is 0 Å². The summed E-state index contributed by atoms with van der Waals surface area (Å²) >= 11 is 0. The number of benzene rings is 1. The molecule has 1 aromatic rings. The number of rotatable bonds is 5. The first-order valence-electron chi connectivity index (χ1n) is 5.65. The fourth-order valence-corrected chi connectivity index (χ4v) is 1.98. The van der Waals surface area contributed by atoms with Gasteiger partial charge in [0.15, 0.2) is 0 Å². The standard InChI is InChI=1S/C13H22N.3BrH.H3N/c1-4-14(5-2,6-3)12-13-10-8-7-9-11-13;;;;/h7-11H,4-6,12H2,1-3H3;3*1H;1H3/q+1;;;;/p-1. The Morgan fingerprint density at radius 3 is 1.56 bits per heavy atom. The Bertz CT molecular complexity index is 256. The summed E-state index contributed by atoms with van der Waals surface area (Å²) < 4.78 is 1.20. The van der Waals surface area contributed by atoms with Crippen molar-refractivity contribution in [1.82, 2.24) is 6.15 Å². The van der Waals surface area contributed by atoms with Crippen molar-refractivity contribution in [3.05, 3.63) is 35.9 Å². The van der Waals surface area contributed by atoms with E-state index in [4.69, 9.17) is 0 Å². The number of quaternary nitrogens is 1. The second-order valence-corrected chi connectivity index (χ2v) is 3.93. The van der Waals surface area contributed by atoms with E-state index in [-0.39, 0.29) is 57.1 Å². The number of hydrogen-bond acceptors (Lipinski definition) is 1. The van der Waals surface area contributed by atoms with Crippen molar-refractivity contribution < 1.29 is 21.5 Å². The van der Waals surface area contributed by atoms with E-state index in [0.717, 1.165) is 0 Å². The van der Waals surface area contributed by atoms with Crippen LogP contribution in [0.25, 0.3) is 0 Å². The Hall–Kier alpha value is 0.580. The number of halogens is 3. The topological polar surface area (TPSA) is 35.0 Å². The van der Waals surface area contributed by atoms with E-state index < -0.39 is 0 Å². The van der Waals surface area contributed by atoms with Gasteiger partial charge in [-0.1, -0.05) is 30.3 Å². The van der Waals surface area contributed by atoms with Crippen molar-refractivity contribution in [2.75, 3.05) is 19.6 Å². The van der Waals surface area contributed by atoms with Gasteiger partial charge in [-0.05, 0) is 20.8 Å². The Balaban J connectivity index is -0.000000245. The van der Waals surface area contributed by atoms with Crippen LogP contribution in [0.2, 0.25) is 0 Å². The van der Waals surface area contributed by atoms with Crippen molar-refractivity contribution >= 4 is 34.0 Å². The molecule has 0 atom stereocenters. The predicted molar refractivity (Wildman–Crippen MR) is 87.7 cm³/mol. The van der Waals surface area contributed by atoms with Crippen molar-refractivity contribution in [2.24, 2.45) is 0 Å². The summed E-state index contributed by atoms with van der Waals surface area (Å²) in [6.45, 7) is 11.7. The van der Waals surface area contributed by atoms with Crippen molar-refractivity contribution in [3.8, 4) is 0 Å². The zero-order valence-electron chi connectivity index (χ0n) is 11.6. The lowest BCUT2D eigenvalue weighted by atomic mass is 10.2. The Morgan fingerprint density at radius 1 is 0.833 bits per heavy atom. The van der Waals surface area contributed by atoms with Crippen LogP contribution in [-0.2, 0) is 6.54 Å². The highest BCUT2D eigenvalue weighted by Crippen LogP contribution is 2.13. The predicted octanol–water partition coefficient (Wildman–Crippen LogP) is 1.38. The molecule has 0 saturated carbocycles. The van der Waals surface area contributed by atoms with Gasteiger partial charge in [-0.2, -0.15) is 0 Å². The molecule has 1 aromatic carbocycles. The lowest BCUT2D eigenvalue weighted by Gasteiger charge is -2.35. The summed E-state index contributed by atoms with van der Waals surface area (Å²) in [6, 6.07) is 10.8. The van der Waals surface area contributed by atoms with Crippen LogP contribution < -0.4 is 23.1 Å². The van der Waals surface area contributed by atoms with E-state index in [1.54, 1.807) is 0 Å². The van der Waals surface area contributed by atoms with Gasteiger partial charge in [-0.15, -0.1) is 34.0 Å². The summed E-state index contributed by atoms with van der Waals surface area (Å²) in [7, 11) is 0. The first-order chi connectivity index (χ1) is 6.76. The molecule has 0 radical (unpaired) electrons. The maximum atomic E-state index is 2.29. The summed E-state index contributed by atoms with van der Waals surface area (Å²) in [6.07, 6.45) is 0. The summed E-state index contributed by atoms with van der Waals surface area (Å²) in [5.41, 5.74) is 1.46. The molecule has 0 aliphatic heterocycles. The molecule has 0 heterocycles. The Morgan fingerprint density at radius 2 is 1.22 bits per heavy atom. The van der Waals surface area contributed by atoms with Crippen molar-refractivity contribution in [3.63, 3.8) is 0 Å². The van der Waals surface area contributed by atoms with Crippen LogP contribution in [-0.4, -0.2) is 24.1 Å². The Labute approximate surface area is 144 Å². The van der Waals surface area contributed by atoms with Crippen molar-refractivity contribution in [2.45, 2.75) is 27.3 Å². The van der Waals surface area contributed by atoms with Gasteiger partial charge in [0.2, 0.25) is 0 Å². The van der Waals surface area contributed by atoms with Crippen LogP contribution in [0.4, 0.5) is 0 Å². The van der Waals surface area contributed by atoms with E-state index >= 15 is 0 Å². The highest BCUT2D eigenvalue weighted by atomic mass is 79.9. The molecule has 0 aliphatic rings. The maximum absolute atomic E-state index is 2.29. The maximum Gasteiger partial charge on any atom is 0.104 e. The zero-order valence-corrected chi connectivity index (χ0v) is 16.6. The minimum absolute atomic E-state index is 0. The van der Waals surface area contributed by atoms with Crippen LogP contribution in [0.15, 0.2) is 30.3 Å². The molecule has 1 rings (SSSR count). The lowest BCUT2D eigenvalue weighted by Crippen LogP contribution is -3.00. The average Bonchev–Trinajstić information content (AvgIpc) is 2.28. The highest BCUT2D eigenvalue weighted by Gasteiger charge is 2.20. The second kappa shape index (κ2) is 14.0. The molecular formula is C13H27Br3N2. The van der Waals surface area contributed by atoms with Gasteiger partial charge in [-0.25, -0.2) is 0 Å². The third-order valence-corrected chi connectivity index (χ3v) is 3.37. The molecule has 0 aliphatic carbocycles. The smallest absolute Gasteiger partial charge is 0.104 e. The first kappa shape index (κ1) is 27.0. The quantitative estimate of drug-likeness (QED) is 0.676. The SMILES string of the molecule is Br.Br.CC[N+](CC)(CC)Cc1ccccc1.N.[Br-]. The van der Waals surface area contributed by atoms with Gasteiger partial charge >= 0.3 is 0 Å². The lowest BCUT2D eigenvalue weighted by molar-refractivity contribution is -0.936. The third kappa shape index (κ3) is 7.89. The zero-order chi connectivity index (χ0) is 10.4. The number of hydrogen-bond donors (Lipinski definition) is 1. The minimum Gasteiger partial charge on any atom is -1.00 e. The number of nitrogens with zero attached hydrogens (tertiary/aromatic N) is 1. The van der Waals surface area contributed by atoms with Gasteiger partial charge < -0.3 is 27.6 Å². The molecule has 18 heavy (non-hydrogen) atoms.